The molecule has 0 radical (unpaired) electrons. The number of ether oxygens (including phenoxy) is 1. The zero-order valence-corrected chi connectivity index (χ0v) is 27.2. The smallest absolute Gasteiger partial charge is 0.318 e. The van der Waals surface area contributed by atoms with Crippen LogP contribution < -0.4 is 14.5 Å². The second-order valence-corrected chi connectivity index (χ2v) is 11.4. The fourth-order valence-corrected chi connectivity index (χ4v) is 6.42. The lowest BCUT2D eigenvalue weighted by atomic mass is 10.0. The van der Waals surface area contributed by atoms with Crippen molar-refractivity contribution in [2.24, 2.45) is 0 Å². The number of benzene rings is 1. The molecule has 1 aromatic carbocycles. The molecule has 14 heteroatoms. The number of nitrogens with zero attached hydrogens (tertiary/aromatic N) is 8. The first-order valence-corrected chi connectivity index (χ1v) is 14.6. The minimum atomic E-state index is -1.03. The summed E-state index contributed by atoms with van der Waals surface area (Å²) in [6.45, 7) is 6.77. The molecule has 5 heterocycles. The van der Waals surface area contributed by atoms with Crippen molar-refractivity contribution >= 4 is 55.2 Å². The third-order valence-corrected chi connectivity index (χ3v) is 8.74. The fourth-order valence-electron chi connectivity index (χ4n) is 6.42. The third kappa shape index (κ3) is 7.10. The van der Waals surface area contributed by atoms with Crippen LogP contribution in [0.1, 0.15) is 30.5 Å². The Labute approximate surface area is 275 Å². The van der Waals surface area contributed by atoms with E-state index in [1.165, 1.54) is 17.0 Å². The number of nitriles is 1. The van der Waals surface area contributed by atoms with Gasteiger partial charge in [-0.2, -0.15) is 42.2 Å². The Morgan fingerprint density at radius 2 is 1.96 bits per heavy atom. The first kappa shape index (κ1) is 34.2. The van der Waals surface area contributed by atoms with Crippen molar-refractivity contribution < 1.29 is 18.3 Å². The second kappa shape index (κ2) is 14.6. The zero-order valence-electron chi connectivity index (χ0n) is 25.2. The molecule has 0 aliphatic carbocycles. The molecule has 1 amide bonds. The lowest BCUT2D eigenvalue weighted by Gasteiger charge is -2.42. The molecule has 10 nitrogen and oxygen atoms in total. The highest BCUT2D eigenvalue weighted by molar-refractivity contribution is 7.59. The van der Waals surface area contributed by atoms with Crippen molar-refractivity contribution in [2.75, 3.05) is 56.2 Å². The number of likely N-dealkylation sites (N-methyl/N-ethyl adjacent to an activating group) is 1. The fraction of sp³-hybridized carbons (Fsp3) is 0.452. The molecule has 240 valence electrons. The van der Waals surface area contributed by atoms with E-state index in [0.29, 0.717) is 45.0 Å². The van der Waals surface area contributed by atoms with Crippen molar-refractivity contribution in [3.8, 4) is 12.1 Å². The molecular weight excluding hydrogens is 619 g/mol. The maximum absolute atomic E-state index is 13.9. The predicted octanol–water partition coefficient (Wildman–Crippen LogP) is 3.84. The highest BCUT2D eigenvalue weighted by Gasteiger charge is 2.35. The summed E-state index contributed by atoms with van der Waals surface area (Å²) in [5, 5.41) is 11.1. The summed E-state index contributed by atoms with van der Waals surface area (Å²) in [5.74, 6) is -1.41. The lowest BCUT2D eigenvalue weighted by molar-refractivity contribution is -0.131. The number of fused-ring (bicyclic) bond motifs is 2. The van der Waals surface area contributed by atoms with Crippen LogP contribution in [0.15, 0.2) is 43.0 Å². The monoisotopic (exact) mass is 656 g/mol. The van der Waals surface area contributed by atoms with Gasteiger partial charge in [-0.15, -0.1) is 0 Å². The molecule has 6 rings (SSSR count). The van der Waals surface area contributed by atoms with Crippen LogP contribution in [0.2, 0.25) is 0 Å². The van der Waals surface area contributed by atoms with Crippen LogP contribution in [0.5, 0.6) is 6.01 Å². The Bertz CT molecular complexity index is 1610. The van der Waals surface area contributed by atoms with Gasteiger partial charge in [0.1, 0.15) is 18.2 Å². The lowest BCUT2D eigenvalue weighted by Crippen LogP contribution is -2.55. The van der Waals surface area contributed by atoms with Gasteiger partial charge < -0.3 is 24.3 Å². The minimum absolute atomic E-state index is 0. The third-order valence-electron chi connectivity index (χ3n) is 8.74. The summed E-state index contributed by atoms with van der Waals surface area (Å²) < 4.78 is 33.9. The summed E-state index contributed by atoms with van der Waals surface area (Å²) in [5.41, 5.74) is 2.69. The molecule has 0 unspecified atom stereocenters. The number of likely N-dealkylation sites (tertiary alicyclic amines) is 1. The highest BCUT2D eigenvalue weighted by Crippen LogP contribution is 2.35. The number of anilines is 2. The highest BCUT2D eigenvalue weighted by atomic mass is 32.1. The number of hydrogen-bond donors (Lipinski definition) is 0. The van der Waals surface area contributed by atoms with Crippen LogP contribution in [0.3, 0.4) is 0 Å². The SMILES string of the molecule is C=C(F)C(=O)N1CCN(c2nc(OC[C@@H]3CCCN3C)nc3c2CCN(c2cncc4cc(F)ccc24)C3)C[C@@H]1CC#N.S.S. The molecule has 0 bridgehead atoms. The van der Waals surface area contributed by atoms with Crippen molar-refractivity contribution in [2.45, 2.75) is 44.3 Å². The van der Waals surface area contributed by atoms with E-state index in [1.54, 1.807) is 18.5 Å². The largest absolute Gasteiger partial charge is 0.462 e. The van der Waals surface area contributed by atoms with Crippen LogP contribution in [0.4, 0.5) is 20.3 Å². The van der Waals surface area contributed by atoms with E-state index in [4.69, 9.17) is 14.7 Å². The van der Waals surface area contributed by atoms with Gasteiger partial charge in [0.2, 0.25) is 0 Å². The molecule has 0 N–H and O–H groups in total. The molecule has 2 fully saturated rings. The van der Waals surface area contributed by atoms with Crippen LogP contribution >= 0.6 is 27.0 Å². The van der Waals surface area contributed by atoms with E-state index in [0.717, 1.165) is 47.1 Å². The first-order valence-electron chi connectivity index (χ1n) is 14.6. The maximum atomic E-state index is 13.9. The number of carbonyl (C=O) groups excluding carboxylic acids is 1. The minimum Gasteiger partial charge on any atom is -0.462 e. The number of hydrogen-bond acceptors (Lipinski definition) is 9. The Morgan fingerprint density at radius 1 is 1.13 bits per heavy atom. The van der Waals surface area contributed by atoms with Gasteiger partial charge in [-0.3, -0.25) is 9.78 Å². The van der Waals surface area contributed by atoms with Crippen LogP contribution in [-0.2, 0) is 17.8 Å². The van der Waals surface area contributed by atoms with E-state index in [2.05, 4.69) is 39.4 Å². The number of halogens is 2. The van der Waals surface area contributed by atoms with Crippen molar-refractivity contribution in [3.63, 3.8) is 0 Å². The molecular formula is C31H38F2N8O2S2. The number of amides is 1. The predicted molar refractivity (Wildman–Crippen MR) is 179 cm³/mol. The van der Waals surface area contributed by atoms with Gasteiger partial charge in [0, 0.05) is 54.8 Å². The van der Waals surface area contributed by atoms with Gasteiger partial charge in [0.05, 0.1) is 42.7 Å². The van der Waals surface area contributed by atoms with E-state index < -0.39 is 17.8 Å². The van der Waals surface area contributed by atoms with Gasteiger partial charge in [-0.05, 0) is 51.1 Å². The number of piperazine rings is 1. The first-order chi connectivity index (χ1) is 20.8. The zero-order chi connectivity index (χ0) is 30.1. The van der Waals surface area contributed by atoms with Crippen molar-refractivity contribution in [1.82, 2.24) is 24.8 Å². The molecule has 3 aliphatic heterocycles. The van der Waals surface area contributed by atoms with E-state index in [1.807, 2.05) is 0 Å². The Kier molecular flexibility index (Phi) is 11.1. The summed E-state index contributed by atoms with van der Waals surface area (Å²) >= 11 is 0. The summed E-state index contributed by atoms with van der Waals surface area (Å²) in [6.07, 6.45) is 6.31. The van der Waals surface area contributed by atoms with Crippen LogP contribution in [0.25, 0.3) is 10.8 Å². The van der Waals surface area contributed by atoms with E-state index in [-0.39, 0.29) is 57.8 Å². The number of carbonyl (C=O) groups is 1. The molecule has 3 aromatic rings. The Hall–Kier alpha value is -3.67. The topological polar surface area (TPSA) is 102 Å². The Morgan fingerprint density at radius 3 is 2.69 bits per heavy atom. The van der Waals surface area contributed by atoms with E-state index in [9.17, 15) is 18.8 Å². The summed E-state index contributed by atoms with van der Waals surface area (Å²) in [4.78, 5) is 34.5. The molecule has 2 atom stereocenters. The molecule has 0 spiro atoms. The maximum Gasteiger partial charge on any atom is 0.318 e. The van der Waals surface area contributed by atoms with Crippen LogP contribution in [0, 0.1) is 17.1 Å². The molecule has 3 aliphatic rings. The Balaban J connectivity index is 0.00000230. The number of rotatable bonds is 7. The number of pyridine rings is 1. The summed E-state index contributed by atoms with van der Waals surface area (Å²) in [7, 11) is 2.09. The summed E-state index contributed by atoms with van der Waals surface area (Å²) in [6, 6.07) is 6.90. The molecule has 45 heavy (non-hydrogen) atoms. The van der Waals surface area contributed by atoms with Crippen molar-refractivity contribution in [1.29, 1.82) is 5.26 Å². The average Bonchev–Trinajstić information content (AvgIpc) is 3.42. The molecule has 2 saturated heterocycles. The average molecular weight is 657 g/mol. The molecule has 0 saturated carbocycles. The normalized spacial score (nSPS) is 19.7. The molecule has 2 aromatic heterocycles. The quantitative estimate of drug-likeness (QED) is 0.351. The number of aromatic nitrogens is 3. The van der Waals surface area contributed by atoms with E-state index >= 15 is 0 Å². The second-order valence-electron chi connectivity index (χ2n) is 11.4. The van der Waals surface area contributed by atoms with Crippen LogP contribution in [-0.4, -0.2) is 89.1 Å². The van der Waals surface area contributed by atoms with Gasteiger partial charge in [-0.1, -0.05) is 6.58 Å². The van der Waals surface area contributed by atoms with Gasteiger partial charge >= 0.3 is 6.01 Å². The standard InChI is InChI=1S/C31H34F2N8O2.2H2S/c1-20(32)30(42)41-13-12-40(17-23(41)7-9-34)29-26-8-11-39(28-16-35-15-21-14-22(33)5-6-25(21)28)18-27(26)36-31(37-29)43-19-24-4-3-10-38(24)2;;/h5-6,14-16,23-24H,1,3-4,7-8,10-13,17-19H2,2H3;2*1H2/t23-,24-;;/m0../s1. The van der Waals surface area contributed by atoms with Gasteiger partial charge in [-0.25, -0.2) is 8.78 Å². The van der Waals surface area contributed by atoms with Crippen molar-refractivity contribution in [3.05, 3.63) is 60.1 Å². The van der Waals surface area contributed by atoms with Gasteiger partial charge in [0.15, 0.2) is 5.83 Å². The van der Waals surface area contributed by atoms with Gasteiger partial charge in [0.25, 0.3) is 5.91 Å².